The summed E-state index contributed by atoms with van der Waals surface area (Å²) in [6, 6.07) is 2.80. The van der Waals surface area contributed by atoms with Crippen LogP contribution in [0, 0.1) is 5.82 Å². The predicted octanol–water partition coefficient (Wildman–Crippen LogP) is 2.31. The van der Waals surface area contributed by atoms with E-state index in [1.807, 2.05) is 4.90 Å². The molecule has 192 valence electrons. The van der Waals surface area contributed by atoms with Gasteiger partial charge in [-0.3, -0.25) is 4.79 Å². The van der Waals surface area contributed by atoms with Crippen molar-refractivity contribution in [1.29, 1.82) is 0 Å². The number of piperazine rings is 1. The van der Waals surface area contributed by atoms with Crippen LogP contribution in [0.2, 0.25) is 0 Å². The van der Waals surface area contributed by atoms with Crippen molar-refractivity contribution in [3.63, 3.8) is 0 Å². The lowest BCUT2D eigenvalue weighted by molar-refractivity contribution is -0.146. The molecule has 1 aliphatic carbocycles. The average Bonchev–Trinajstić information content (AvgIpc) is 3.68. The molecule has 2 heterocycles. The summed E-state index contributed by atoms with van der Waals surface area (Å²) in [6.07, 6.45) is 4.49. The first-order chi connectivity index (χ1) is 17.2. The number of aromatic nitrogens is 1. The van der Waals surface area contributed by atoms with Gasteiger partial charge < -0.3 is 28.9 Å². The quantitative estimate of drug-likeness (QED) is 0.252. The molecule has 11 heteroatoms. The van der Waals surface area contributed by atoms with Crippen molar-refractivity contribution < 1.29 is 33.4 Å². The van der Waals surface area contributed by atoms with Crippen LogP contribution in [0.4, 0.5) is 10.1 Å². The van der Waals surface area contributed by atoms with Crippen molar-refractivity contribution >= 4 is 34.5 Å². The van der Waals surface area contributed by atoms with E-state index in [1.165, 1.54) is 12.4 Å². The summed E-state index contributed by atoms with van der Waals surface area (Å²) in [5.74, 6) is -3.49. The summed E-state index contributed by atoms with van der Waals surface area (Å²) in [4.78, 5) is 52.3. The van der Waals surface area contributed by atoms with Crippen LogP contribution in [0.25, 0.3) is 10.9 Å². The van der Waals surface area contributed by atoms with E-state index < -0.39 is 29.2 Å². The Kier molecular flexibility index (Phi) is 7.27. The van der Waals surface area contributed by atoms with Gasteiger partial charge in [-0.1, -0.05) is 0 Å². The second kappa shape index (κ2) is 10.4. The highest BCUT2D eigenvalue weighted by Crippen LogP contribution is 2.38. The Balaban J connectivity index is 1.60. The maximum atomic E-state index is 15.2. The Labute approximate surface area is 206 Å². The number of esters is 2. The summed E-state index contributed by atoms with van der Waals surface area (Å²) >= 11 is 0. The number of carboxylic acids is 1. The minimum Gasteiger partial charge on any atom is -0.477 e. The molecule has 0 unspecified atom stereocenters. The van der Waals surface area contributed by atoms with Crippen molar-refractivity contribution in [2.45, 2.75) is 32.7 Å². The van der Waals surface area contributed by atoms with E-state index in [-0.39, 0.29) is 35.8 Å². The Bertz CT molecular complexity index is 1270. The highest BCUT2D eigenvalue weighted by atomic mass is 19.1. The van der Waals surface area contributed by atoms with Crippen LogP contribution in [0.15, 0.2) is 34.9 Å². The fourth-order valence-electron chi connectivity index (χ4n) is 4.29. The van der Waals surface area contributed by atoms with E-state index in [2.05, 4.69) is 0 Å². The van der Waals surface area contributed by atoms with E-state index in [1.54, 1.807) is 29.4 Å². The smallest absolute Gasteiger partial charge is 0.347 e. The number of carboxylic acid groups (broad SMARTS) is 1. The molecule has 1 saturated carbocycles. The number of nitrogens with zero attached hydrogens (tertiary/aromatic N) is 3. The van der Waals surface area contributed by atoms with E-state index in [4.69, 9.17) is 9.47 Å². The lowest BCUT2D eigenvalue weighted by Crippen LogP contribution is -2.45. The SMILES string of the molecule is CCOC(=O)C(=CN1CCN(c2cc3c(cc2F)c(=O)c(C(=O)O)cn3C2CC2)CC1)C(=O)OCC. The van der Waals surface area contributed by atoms with Gasteiger partial charge in [0.25, 0.3) is 0 Å². The molecule has 2 fully saturated rings. The summed E-state index contributed by atoms with van der Waals surface area (Å²) in [7, 11) is 0. The molecule has 1 aromatic heterocycles. The first-order valence-electron chi connectivity index (χ1n) is 11.9. The largest absolute Gasteiger partial charge is 0.477 e. The second-order valence-corrected chi connectivity index (χ2v) is 8.64. The Morgan fingerprint density at radius 2 is 1.67 bits per heavy atom. The minimum absolute atomic E-state index is 0.0399. The van der Waals surface area contributed by atoms with Gasteiger partial charge in [-0.2, -0.15) is 0 Å². The molecule has 1 N–H and O–H groups in total. The van der Waals surface area contributed by atoms with Gasteiger partial charge in [0.2, 0.25) is 5.43 Å². The molecular weight excluding hydrogens is 473 g/mol. The lowest BCUT2D eigenvalue weighted by atomic mass is 10.1. The number of carbonyl (C=O) groups excluding carboxylic acids is 2. The van der Waals surface area contributed by atoms with Crippen LogP contribution in [0.3, 0.4) is 0 Å². The number of hydrogen-bond donors (Lipinski definition) is 1. The lowest BCUT2D eigenvalue weighted by Gasteiger charge is -2.36. The molecule has 1 aromatic carbocycles. The molecule has 1 saturated heterocycles. The molecule has 1 aliphatic heterocycles. The van der Waals surface area contributed by atoms with E-state index in [0.29, 0.717) is 37.4 Å². The zero-order valence-electron chi connectivity index (χ0n) is 20.2. The molecule has 36 heavy (non-hydrogen) atoms. The highest BCUT2D eigenvalue weighted by Gasteiger charge is 2.29. The van der Waals surface area contributed by atoms with Crippen molar-refractivity contribution in [3.05, 3.63) is 51.7 Å². The standard InChI is InChI=1S/C25H28FN3O7/c1-3-35-24(33)18(25(34)36-4-2)13-27-7-9-28(10-8-27)21-12-20-16(11-19(21)26)22(30)17(23(31)32)14-29(20)15-5-6-15/h11-15H,3-10H2,1-2H3,(H,31,32). The van der Waals surface area contributed by atoms with Gasteiger partial charge in [0.15, 0.2) is 5.57 Å². The number of pyridine rings is 1. The van der Waals surface area contributed by atoms with Crippen LogP contribution in [-0.4, -0.2) is 71.9 Å². The summed E-state index contributed by atoms with van der Waals surface area (Å²) < 4.78 is 26.9. The monoisotopic (exact) mass is 501 g/mol. The van der Waals surface area contributed by atoms with E-state index >= 15 is 4.39 Å². The third-order valence-corrected chi connectivity index (χ3v) is 6.23. The van der Waals surface area contributed by atoms with Crippen LogP contribution in [0.5, 0.6) is 0 Å². The molecule has 2 aliphatic rings. The second-order valence-electron chi connectivity index (χ2n) is 8.64. The Hall–Kier alpha value is -3.89. The van der Waals surface area contributed by atoms with E-state index in [9.17, 15) is 24.3 Å². The first kappa shape index (κ1) is 25.2. The molecule has 0 bridgehead atoms. The predicted molar refractivity (Wildman–Crippen MR) is 129 cm³/mol. The maximum absolute atomic E-state index is 15.2. The van der Waals surface area contributed by atoms with Gasteiger partial charge in [0.05, 0.1) is 24.4 Å². The van der Waals surface area contributed by atoms with Gasteiger partial charge in [0.1, 0.15) is 11.4 Å². The summed E-state index contributed by atoms with van der Waals surface area (Å²) in [5, 5.41) is 9.45. The third kappa shape index (κ3) is 5.05. The fraction of sp³-hybridized carbons (Fsp3) is 0.440. The molecule has 0 radical (unpaired) electrons. The molecule has 4 rings (SSSR count). The van der Waals surface area contributed by atoms with Crippen molar-refractivity contribution in [2.24, 2.45) is 0 Å². The van der Waals surface area contributed by atoms with Crippen molar-refractivity contribution in [3.8, 4) is 0 Å². The number of carbonyl (C=O) groups is 3. The normalized spacial score (nSPS) is 15.5. The Morgan fingerprint density at radius 3 is 2.19 bits per heavy atom. The molecule has 0 amide bonds. The topological polar surface area (TPSA) is 118 Å². The third-order valence-electron chi connectivity index (χ3n) is 6.23. The molecular formula is C25H28FN3O7. The maximum Gasteiger partial charge on any atom is 0.347 e. The fourth-order valence-corrected chi connectivity index (χ4v) is 4.29. The number of fused-ring (bicyclic) bond motifs is 1. The van der Waals surface area contributed by atoms with Crippen LogP contribution in [0.1, 0.15) is 43.1 Å². The number of rotatable bonds is 8. The molecule has 2 aromatic rings. The van der Waals surface area contributed by atoms with Crippen LogP contribution < -0.4 is 10.3 Å². The van der Waals surface area contributed by atoms with Gasteiger partial charge in [-0.25, -0.2) is 18.8 Å². The van der Waals surface area contributed by atoms with Crippen molar-refractivity contribution in [1.82, 2.24) is 9.47 Å². The number of anilines is 1. The molecule has 0 spiro atoms. The van der Waals surface area contributed by atoms with Crippen LogP contribution >= 0.6 is 0 Å². The zero-order chi connectivity index (χ0) is 26.0. The summed E-state index contributed by atoms with van der Waals surface area (Å²) in [6.45, 7) is 5.08. The summed E-state index contributed by atoms with van der Waals surface area (Å²) in [5.41, 5.74) is -0.481. The number of hydrogen-bond acceptors (Lipinski definition) is 8. The number of aromatic carboxylic acids is 1. The number of ether oxygens (including phenoxy) is 2. The van der Waals surface area contributed by atoms with Crippen LogP contribution in [-0.2, 0) is 19.1 Å². The molecule has 0 atom stereocenters. The highest BCUT2D eigenvalue weighted by molar-refractivity contribution is 6.14. The van der Waals surface area contributed by atoms with E-state index in [0.717, 1.165) is 18.9 Å². The number of halogens is 1. The van der Waals surface area contributed by atoms with Gasteiger partial charge >= 0.3 is 17.9 Å². The molecule has 10 nitrogen and oxygen atoms in total. The van der Waals surface area contributed by atoms with Gasteiger partial charge in [-0.15, -0.1) is 0 Å². The van der Waals surface area contributed by atoms with Gasteiger partial charge in [-0.05, 0) is 38.8 Å². The van der Waals surface area contributed by atoms with Gasteiger partial charge in [0, 0.05) is 50.0 Å². The van der Waals surface area contributed by atoms with Crippen molar-refractivity contribution in [2.75, 3.05) is 44.3 Å². The Morgan fingerprint density at radius 1 is 1.06 bits per heavy atom. The first-order valence-corrected chi connectivity index (χ1v) is 11.9. The zero-order valence-corrected chi connectivity index (χ0v) is 20.2. The minimum atomic E-state index is -1.34. The average molecular weight is 502 g/mol. The number of benzene rings is 1.